The van der Waals surface area contributed by atoms with E-state index >= 15 is 0 Å². The molecule has 1 saturated carbocycles. The average Bonchev–Trinajstić information content (AvgIpc) is 2.85. The Morgan fingerprint density at radius 1 is 1.14 bits per heavy atom. The maximum absolute atomic E-state index is 6.37. The van der Waals surface area contributed by atoms with E-state index in [4.69, 9.17) is 10.7 Å². The number of imidazole rings is 1. The number of nitrogens with zero attached hydrogens (tertiary/aromatic N) is 2. The number of anilines is 1. The summed E-state index contributed by atoms with van der Waals surface area (Å²) >= 11 is 0. The molecule has 3 heteroatoms. The lowest BCUT2D eigenvalue weighted by Gasteiger charge is -2.20. The predicted octanol–water partition coefficient (Wildman–Crippen LogP) is 4.28. The Balaban J connectivity index is 1.89. The lowest BCUT2D eigenvalue weighted by atomic mass is 9.86. The molecule has 0 radical (unpaired) electrons. The van der Waals surface area contributed by atoms with Crippen molar-refractivity contribution in [2.75, 3.05) is 5.73 Å². The van der Waals surface area contributed by atoms with Crippen molar-refractivity contribution in [3.8, 4) is 11.4 Å². The quantitative estimate of drug-likeness (QED) is 0.910. The summed E-state index contributed by atoms with van der Waals surface area (Å²) in [5.74, 6) is 2.65. The molecule has 0 amide bonds. The molecule has 0 unspecified atom stereocenters. The molecule has 0 atom stereocenters. The van der Waals surface area contributed by atoms with E-state index in [1.54, 1.807) is 0 Å². The summed E-state index contributed by atoms with van der Waals surface area (Å²) in [4.78, 5) is 4.88. The minimum absolute atomic E-state index is 0.768. The predicted molar refractivity (Wildman–Crippen MR) is 88.0 cm³/mol. The highest BCUT2D eigenvalue weighted by atomic mass is 15.1. The first-order valence-electron chi connectivity index (χ1n) is 8.20. The number of nitrogen functional groups attached to an aromatic ring is 1. The van der Waals surface area contributed by atoms with Gasteiger partial charge in [-0.15, -0.1) is 0 Å². The first-order chi connectivity index (χ1) is 10.3. The van der Waals surface area contributed by atoms with Crippen molar-refractivity contribution in [3.05, 3.63) is 36.0 Å². The monoisotopic (exact) mass is 283 g/mol. The molecule has 1 heterocycles. The molecule has 0 saturated heterocycles. The van der Waals surface area contributed by atoms with Gasteiger partial charge in [0.25, 0.3) is 0 Å². The van der Waals surface area contributed by atoms with Gasteiger partial charge in [0.15, 0.2) is 0 Å². The second-order valence-corrected chi connectivity index (χ2v) is 6.09. The van der Waals surface area contributed by atoms with E-state index in [0.717, 1.165) is 41.8 Å². The lowest BCUT2D eigenvalue weighted by molar-refractivity contribution is 0.355. The van der Waals surface area contributed by atoms with Crippen molar-refractivity contribution in [2.45, 2.75) is 52.0 Å². The molecule has 1 aromatic heterocycles. The van der Waals surface area contributed by atoms with E-state index in [0.29, 0.717) is 0 Å². The molecule has 21 heavy (non-hydrogen) atoms. The van der Waals surface area contributed by atoms with Gasteiger partial charge in [0.05, 0.1) is 5.69 Å². The van der Waals surface area contributed by atoms with Gasteiger partial charge in [-0.2, -0.15) is 0 Å². The Kier molecular flexibility index (Phi) is 4.28. The number of hydrogen-bond acceptors (Lipinski definition) is 2. The van der Waals surface area contributed by atoms with Gasteiger partial charge < -0.3 is 10.3 Å². The molecular formula is C18H25N3. The van der Waals surface area contributed by atoms with Crippen LogP contribution in [0.1, 0.15) is 44.7 Å². The van der Waals surface area contributed by atoms with E-state index in [-0.39, 0.29) is 0 Å². The highest BCUT2D eigenvalue weighted by molar-refractivity contribution is 5.60. The van der Waals surface area contributed by atoms with Gasteiger partial charge in [-0.1, -0.05) is 62.4 Å². The average molecular weight is 283 g/mol. The second kappa shape index (κ2) is 6.33. The van der Waals surface area contributed by atoms with Crippen LogP contribution in [0.5, 0.6) is 0 Å². The van der Waals surface area contributed by atoms with Crippen molar-refractivity contribution >= 4 is 5.82 Å². The second-order valence-electron chi connectivity index (χ2n) is 6.09. The Morgan fingerprint density at radius 2 is 1.86 bits per heavy atom. The maximum atomic E-state index is 6.37. The summed E-state index contributed by atoms with van der Waals surface area (Å²) in [6, 6.07) is 10.4. The van der Waals surface area contributed by atoms with Gasteiger partial charge in [0, 0.05) is 12.1 Å². The van der Waals surface area contributed by atoms with Gasteiger partial charge in [-0.25, -0.2) is 4.98 Å². The van der Waals surface area contributed by atoms with Crippen molar-refractivity contribution in [2.24, 2.45) is 5.92 Å². The first-order valence-corrected chi connectivity index (χ1v) is 8.20. The molecule has 1 aromatic carbocycles. The van der Waals surface area contributed by atoms with Crippen molar-refractivity contribution in [3.63, 3.8) is 0 Å². The molecule has 112 valence electrons. The topological polar surface area (TPSA) is 43.8 Å². The Bertz CT molecular complexity index is 580. The summed E-state index contributed by atoms with van der Waals surface area (Å²) in [6.07, 6.45) is 7.83. The number of rotatable bonds is 4. The Hall–Kier alpha value is -1.77. The van der Waals surface area contributed by atoms with E-state index in [2.05, 4.69) is 35.8 Å². The van der Waals surface area contributed by atoms with Crippen molar-refractivity contribution in [1.82, 2.24) is 9.55 Å². The van der Waals surface area contributed by atoms with Crippen LogP contribution in [0.3, 0.4) is 0 Å². The zero-order valence-electron chi connectivity index (χ0n) is 12.9. The Labute approximate surface area is 127 Å². The molecule has 1 aliphatic rings. The number of nitrogens with two attached hydrogens (primary N) is 1. The van der Waals surface area contributed by atoms with Gasteiger partial charge in [-0.3, -0.25) is 0 Å². The minimum Gasteiger partial charge on any atom is -0.384 e. The normalized spacial score (nSPS) is 16.2. The van der Waals surface area contributed by atoms with Gasteiger partial charge >= 0.3 is 0 Å². The summed E-state index contributed by atoms with van der Waals surface area (Å²) in [5.41, 5.74) is 8.62. The fourth-order valence-electron chi connectivity index (χ4n) is 3.46. The molecule has 3 nitrogen and oxygen atoms in total. The third kappa shape index (κ3) is 2.97. The van der Waals surface area contributed by atoms with Gasteiger partial charge in [-0.05, 0) is 19.3 Å². The Morgan fingerprint density at radius 3 is 2.52 bits per heavy atom. The molecule has 3 rings (SSSR count). The summed E-state index contributed by atoms with van der Waals surface area (Å²) in [7, 11) is 0. The fraction of sp³-hybridized carbons (Fsp3) is 0.500. The number of hydrogen-bond donors (Lipinski definition) is 1. The number of benzene rings is 1. The highest BCUT2D eigenvalue weighted by Gasteiger charge is 2.20. The van der Waals surface area contributed by atoms with Gasteiger partial charge in [0.2, 0.25) is 0 Å². The first kappa shape index (κ1) is 14.2. The molecule has 1 aliphatic carbocycles. The molecule has 0 spiro atoms. The van der Waals surface area contributed by atoms with Crippen LogP contribution in [0.2, 0.25) is 0 Å². The molecule has 0 bridgehead atoms. The van der Waals surface area contributed by atoms with Crippen molar-refractivity contribution in [1.29, 1.82) is 0 Å². The van der Waals surface area contributed by atoms with Crippen LogP contribution >= 0.6 is 0 Å². The van der Waals surface area contributed by atoms with E-state index in [1.165, 1.54) is 32.1 Å². The molecular weight excluding hydrogens is 258 g/mol. The zero-order valence-corrected chi connectivity index (χ0v) is 12.9. The molecule has 2 N–H and O–H groups in total. The van der Waals surface area contributed by atoms with Gasteiger partial charge in [0.1, 0.15) is 11.6 Å². The standard InChI is InChI=1S/C18H25N3/c1-2-21-17(19)16(13-14-9-5-3-6-10-14)20-18(21)15-11-7-4-8-12-15/h4,7-8,11-12,14H,2-3,5-6,9-10,13,19H2,1H3. The van der Waals surface area contributed by atoms with Crippen LogP contribution in [0.15, 0.2) is 30.3 Å². The van der Waals surface area contributed by atoms with Crippen LogP contribution in [-0.4, -0.2) is 9.55 Å². The maximum Gasteiger partial charge on any atom is 0.141 e. The highest BCUT2D eigenvalue weighted by Crippen LogP contribution is 2.30. The molecule has 2 aromatic rings. The van der Waals surface area contributed by atoms with E-state index in [1.807, 2.05) is 6.07 Å². The minimum atomic E-state index is 0.768. The van der Waals surface area contributed by atoms with Crippen LogP contribution in [0.25, 0.3) is 11.4 Å². The number of aromatic nitrogens is 2. The summed E-state index contributed by atoms with van der Waals surface area (Å²) < 4.78 is 2.15. The lowest BCUT2D eigenvalue weighted by Crippen LogP contribution is -2.11. The van der Waals surface area contributed by atoms with Crippen molar-refractivity contribution < 1.29 is 0 Å². The smallest absolute Gasteiger partial charge is 0.141 e. The summed E-state index contributed by atoms with van der Waals surface area (Å²) in [6.45, 7) is 3.00. The van der Waals surface area contributed by atoms with E-state index in [9.17, 15) is 0 Å². The third-order valence-electron chi connectivity index (χ3n) is 4.64. The van der Waals surface area contributed by atoms with E-state index < -0.39 is 0 Å². The van der Waals surface area contributed by atoms with Crippen LogP contribution in [0.4, 0.5) is 5.82 Å². The zero-order chi connectivity index (χ0) is 14.7. The third-order valence-corrected chi connectivity index (χ3v) is 4.64. The molecule has 0 aliphatic heterocycles. The summed E-state index contributed by atoms with van der Waals surface area (Å²) in [5, 5.41) is 0. The fourth-order valence-corrected chi connectivity index (χ4v) is 3.46. The van der Waals surface area contributed by atoms with Crippen LogP contribution < -0.4 is 5.73 Å². The largest absolute Gasteiger partial charge is 0.384 e. The van der Waals surface area contributed by atoms with Crippen LogP contribution in [0, 0.1) is 5.92 Å². The molecule has 1 fully saturated rings. The SMILES string of the molecule is CCn1c(-c2ccccc2)nc(CC2CCCCC2)c1N. The van der Waals surface area contributed by atoms with Crippen LogP contribution in [-0.2, 0) is 13.0 Å².